The summed E-state index contributed by atoms with van der Waals surface area (Å²) < 4.78 is 12.3. The summed E-state index contributed by atoms with van der Waals surface area (Å²) in [5.41, 5.74) is 4.36. The van der Waals surface area contributed by atoms with Gasteiger partial charge in [-0.2, -0.15) is 0 Å². The Hall–Kier alpha value is -2.95. The van der Waals surface area contributed by atoms with Gasteiger partial charge in [-0.15, -0.1) is 0 Å². The van der Waals surface area contributed by atoms with Crippen LogP contribution in [0.5, 0.6) is 5.75 Å². The first-order valence-corrected chi connectivity index (χ1v) is 7.82. The number of hydrogen-bond acceptors (Lipinski definition) is 3. The lowest BCUT2D eigenvalue weighted by molar-refractivity contribution is 0.0521. The second-order valence-electron chi connectivity index (χ2n) is 5.45. The van der Waals surface area contributed by atoms with E-state index in [4.69, 9.17) is 9.47 Å². The summed E-state index contributed by atoms with van der Waals surface area (Å²) in [5, 5.41) is 0. The molecule has 5 nitrogen and oxygen atoms in total. The van der Waals surface area contributed by atoms with Gasteiger partial charge >= 0.3 is 5.97 Å². The van der Waals surface area contributed by atoms with Crippen LogP contribution in [0.2, 0.25) is 0 Å². The zero-order valence-electron chi connectivity index (χ0n) is 14.0. The van der Waals surface area contributed by atoms with Crippen LogP contribution in [-0.2, 0) is 4.74 Å². The molecule has 0 spiro atoms. The molecular weight excluding hydrogens is 304 g/mol. The Kier molecular flexibility index (Phi) is 4.42. The first-order valence-electron chi connectivity index (χ1n) is 7.82. The van der Waals surface area contributed by atoms with Crippen LogP contribution < -0.4 is 4.74 Å². The Morgan fingerprint density at radius 3 is 2.62 bits per heavy atom. The molecule has 2 heterocycles. The Morgan fingerprint density at radius 2 is 1.96 bits per heavy atom. The van der Waals surface area contributed by atoms with Gasteiger partial charge in [-0.3, -0.25) is 0 Å². The maximum Gasteiger partial charge on any atom is 0.355 e. The van der Waals surface area contributed by atoms with E-state index < -0.39 is 0 Å². The lowest BCUT2D eigenvalue weighted by Gasteiger charge is -2.05. The maximum absolute atomic E-state index is 12.1. The smallest absolute Gasteiger partial charge is 0.355 e. The molecular formula is C19H20N2O3. The molecule has 0 atom stereocenters. The van der Waals surface area contributed by atoms with Gasteiger partial charge in [-0.25, -0.2) is 4.79 Å². The molecule has 0 aliphatic carbocycles. The van der Waals surface area contributed by atoms with Crippen LogP contribution >= 0.6 is 0 Å². The van der Waals surface area contributed by atoms with Crippen LogP contribution in [0.4, 0.5) is 0 Å². The van der Waals surface area contributed by atoms with E-state index >= 15 is 0 Å². The predicted molar refractivity (Wildman–Crippen MR) is 92.8 cm³/mol. The number of methoxy groups -OCH3 is 1. The number of carbonyl (C=O) groups excluding carboxylic acids is 1. The van der Waals surface area contributed by atoms with E-state index in [1.165, 1.54) is 0 Å². The standard InChI is InChI=1S/C19H20N2O3/c1-4-24-19(22)18-17(13(2)11-20-18)14-9-10-21(12-14)15-5-7-16(23-3)8-6-15/h5-12,20H,4H2,1-3H3. The van der Waals surface area contributed by atoms with Crippen molar-refractivity contribution in [2.24, 2.45) is 0 Å². The van der Waals surface area contributed by atoms with Crippen molar-refractivity contribution in [3.05, 3.63) is 60.2 Å². The van der Waals surface area contributed by atoms with E-state index in [2.05, 4.69) is 4.98 Å². The molecule has 0 saturated carbocycles. The SMILES string of the molecule is CCOC(=O)c1[nH]cc(C)c1-c1ccn(-c2ccc(OC)cc2)c1. The van der Waals surface area contributed by atoms with Crippen LogP contribution in [0.1, 0.15) is 23.0 Å². The van der Waals surface area contributed by atoms with Crippen LogP contribution in [0.15, 0.2) is 48.9 Å². The monoisotopic (exact) mass is 324 g/mol. The summed E-state index contributed by atoms with van der Waals surface area (Å²) in [6.07, 6.45) is 5.80. The number of carbonyl (C=O) groups is 1. The summed E-state index contributed by atoms with van der Waals surface area (Å²) in [7, 11) is 1.65. The van der Waals surface area contributed by atoms with Crippen molar-refractivity contribution in [3.8, 4) is 22.6 Å². The Balaban J connectivity index is 1.96. The molecule has 0 aliphatic heterocycles. The number of esters is 1. The molecule has 24 heavy (non-hydrogen) atoms. The molecule has 0 amide bonds. The Bertz CT molecular complexity index is 844. The van der Waals surface area contributed by atoms with Crippen molar-refractivity contribution in [3.63, 3.8) is 0 Å². The predicted octanol–water partition coefficient (Wildman–Crippen LogP) is 3.97. The van der Waals surface area contributed by atoms with E-state index in [-0.39, 0.29) is 5.97 Å². The lowest BCUT2D eigenvalue weighted by atomic mass is 10.1. The topological polar surface area (TPSA) is 56.2 Å². The number of nitrogens with one attached hydrogen (secondary N) is 1. The minimum Gasteiger partial charge on any atom is -0.497 e. The average molecular weight is 324 g/mol. The zero-order chi connectivity index (χ0) is 17.1. The van der Waals surface area contributed by atoms with Crippen LogP contribution in [0.3, 0.4) is 0 Å². The molecule has 3 aromatic rings. The fourth-order valence-electron chi connectivity index (χ4n) is 2.72. The molecule has 124 valence electrons. The minimum atomic E-state index is -0.335. The highest BCUT2D eigenvalue weighted by Crippen LogP contribution is 2.29. The Morgan fingerprint density at radius 1 is 1.21 bits per heavy atom. The highest BCUT2D eigenvalue weighted by molar-refractivity contribution is 5.96. The largest absolute Gasteiger partial charge is 0.497 e. The van der Waals surface area contributed by atoms with Crippen molar-refractivity contribution in [2.45, 2.75) is 13.8 Å². The number of aromatic nitrogens is 2. The first-order chi connectivity index (χ1) is 11.6. The summed E-state index contributed by atoms with van der Waals surface area (Å²) in [4.78, 5) is 15.1. The number of H-pyrrole nitrogens is 1. The van der Waals surface area contributed by atoms with Gasteiger partial charge in [0, 0.05) is 35.4 Å². The summed E-state index contributed by atoms with van der Waals surface area (Å²) in [6, 6.07) is 9.79. The van der Waals surface area contributed by atoms with E-state index in [1.54, 1.807) is 14.0 Å². The van der Waals surface area contributed by atoms with Gasteiger partial charge < -0.3 is 19.0 Å². The van der Waals surface area contributed by atoms with Gasteiger partial charge in [-0.1, -0.05) is 0 Å². The third-order valence-electron chi connectivity index (χ3n) is 3.91. The second-order valence-corrected chi connectivity index (χ2v) is 5.45. The molecule has 1 N–H and O–H groups in total. The van der Waals surface area contributed by atoms with E-state index in [9.17, 15) is 4.79 Å². The molecule has 5 heteroatoms. The summed E-state index contributed by atoms with van der Waals surface area (Å²) in [5.74, 6) is 0.481. The van der Waals surface area contributed by atoms with E-state index in [1.807, 2.05) is 60.4 Å². The zero-order valence-corrected chi connectivity index (χ0v) is 14.0. The molecule has 0 saturated heterocycles. The molecule has 0 radical (unpaired) electrons. The first kappa shape index (κ1) is 15.9. The normalized spacial score (nSPS) is 10.6. The minimum absolute atomic E-state index is 0.335. The molecule has 0 unspecified atom stereocenters. The number of aromatic amines is 1. The number of nitrogens with zero attached hydrogens (tertiary/aromatic N) is 1. The van der Waals surface area contributed by atoms with Gasteiger partial charge in [0.1, 0.15) is 11.4 Å². The number of benzene rings is 1. The molecule has 1 aromatic carbocycles. The fraction of sp³-hybridized carbons (Fsp3) is 0.211. The van der Waals surface area contributed by atoms with Gasteiger partial charge in [0.25, 0.3) is 0 Å². The number of hydrogen-bond donors (Lipinski definition) is 1. The maximum atomic E-state index is 12.1. The highest BCUT2D eigenvalue weighted by atomic mass is 16.5. The second kappa shape index (κ2) is 6.66. The molecule has 0 aliphatic rings. The van der Waals surface area contributed by atoms with Crippen molar-refractivity contribution < 1.29 is 14.3 Å². The summed E-state index contributed by atoms with van der Waals surface area (Å²) in [6.45, 7) is 4.12. The average Bonchev–Trinajstić information content (AvgIpc) is 3.21. The van der Waals surface area contributed by atoms with Crippen LogP contribution in [-0.4, -0.2) is 29.2 Å². The van der Waals surface area contributed by atoms with Gasteiger partial charge in [0.2, 0.25) is 0 Å². The van der Waals surface area contributed by atoms with Gasteiger partial charge in [0.15, 0.2) is 0 Å². The number of ether oxygens (including phenoxy) is 2. The summed E-state index contributed by atoms with van der Waals surface area (Å²) >= 11 is 0. The third kappa shape index (κ3) is 2.93. The number of aryl methyl sites for hydroxylation is 1. The van der Waals surface area contributed by atoms with Gasteiger partial charge in [-0.05, 0) is 49.7 Å². The van der Waals surface area contributed by atoms with Crippen molar-refractivity contribution >= 4 is 5.97 Å². The third-order valence-corrected chi connectivity index (χ3v) is 3.91. The van der Waals surface area contributed by atoms with Crippen molar-refractivity contribution in [1.29, 1.82) is 0 Å². The molecule has 0 bridgehead atoms. The highest BCUT2D eigenvalue weighted by Gasteiger charge is 2.19. The fourth-order valence-corrected chi connectivity index (χ4v) is 2.72. The van der Waals surface area contributed by atoms with Gasteiger partial charge in [0.05, 0.1) is 13.7 Å². The van der Waals surface area contributed by atoms with Crippen molar-refractivity contribution in [1.82, 2.24) is 9.55 Å². The van der Waals surface area contributed by atoms with Crippen LogP contribution in [0, 0.1) is 6.92 Å². The van der Waals surface area contributed by atoms with Crippen LogP contribution in [0.25, 0.3) is 16.8 Å². The lowest BCUT2D eigenvalue weighted by Crippen LogP contribution is -2.06. The number of rotatable bonds is 5. The Labute approximate surface area is 140 Å². The van der Waals surface area contributed by atoms with Crippen molar-refractivity contribution in [2.75, 3.05) is 13.7 Å². The molecule has 2 aromatic heterocycles. The molecule has 0 fully saturated rings. The molecule has 3 rings (SSSR count). The van der Waals surface area contributed by atoms with E-state index in [0.29, 0.717) is 12.3 Å². The van der Waals surface area contributed by atoms with E-state index in [0.717, 1.165) is 28.1 Å². The quantitative estimate of drug-likeness (QED) is 0.723.